The highest BCUT2D eigenvalue weighted by Crippen LogP contribution is 2.51. The van der Waals surface area contributed by atoms with Crippen LogP contribution in [0.4, 0.5) is 31.0 Å². The molecule has 9 heterocycles. The predicted molar refractivity (Wildman–Crippen MR) is 407 cm³/mol. The quantitative estimate of drug-likeness (QED) is 0.0114. The van der Waals surface area contributed by atoms with Crippen molar-refractivity contribution in [3.8, 4) is 17.2 Å². The summed E-state index contributed by atoms with van der Waals surface area (Å²) in [5, 5.41) is 47.5. The number of rotatable bonds is 37. The lowest BCUT2D eigenvalue weighted by Gasteiger charge is -2.30. The van der Waals surface area contributed by atoms with E-state index in [4.69, 9.17) is 78.5 Å². The van der Waals surface area contributed by atoms with Crippen LogP contribution >= 0.6 is 23.2 Å². The number of esters is 3. The van der Waals surface area contributed by atoms with Gasteiger partial charge >= 0.3 is 41.1 Å². The van der Waals surface area contributed by atoms with E-state index in [9.17, 15) is 62.2 Å². The zero-order valence-corrected chi connectivity index (χ0v) is 66.2. The number of para-hydroxylation sites is 3. The van der Waals surface area contributed by atoms with Crippen LogP contribution in [-0.2, 0) is 70.1 Å². The van der Waals surface area contributed by atoms with Crippen molar-refractivity contribution in [2.45, 2.75) is 157 Å². The minimum atomic E-state index is -4.89. The molecule has 6 aromatic heterocycles. The second-order valence-corrected chi connectivity index (χ2v) is 33.1. The van der Waals surface area contributed by atoms with E-state index in [0.717, 1.165) is 32.7 Å². The third kappa shape index (κ3) is 18.6. The number of hydrogen-bond donors (Lipinski definition) is 15. The Morgan fingerprint density at radius 2 is 0.771 bits per heavy atom. The first kappa shape index (κ1) is 87.1. The average molecular weight is 1720 g/mol. The maximum atomic E-state index is 15.5. The van der Waals surface area contributed by atoms with Crippen LogP contribution in [0.25, 0.3) is 33.5 Å². The van der Waals surface area contributed by atoms with Crippen LogP contribution in [-0.4, -0.2) is 222 Å². The van der Waals surface area contributed by atoms with Crippen LogP contribution in [0.5, 0.6) is 17.2 Å². The number of carbonyl (C=O) groups is 3. The maximum absolute atomic E-state index is 15.5. The molecule has 0 aliphatic carbocycles. The molecule has 118 heavy (non-hydrogen) atoms. The number of nitrogen functional groups attached to an aromatic ring is 1. The van der Waals surface area contributed by atoms with E-state index in [1.54, 1.807) is 44.2 Å². The fourth-order valence-corrected chi connectivity index (χ4v) is 17.2. The molecule has 0 amide bonds. The van der Waals surface area contributed by atoms with Gasteiger partial charge in [-0.05, 0) is 84.9 Å². The molecule has 9 aromatic rings. The Morgan fingerprint density at radius 3 is 1.07 bits per heavy atom. The molecule has 45 nitrogen and oxygen atoms in total. The number of H-pyrrole nitrogens is 3. The van der Waals surface area contributed by atoms with E-state index < -0.39 is 212 Å². The highest BCUT2D eigenvalue weighted by molar-refractivity contribution is 7.52. The van der Waals surface area contributed by atoms with E-state index in [1.165, 1.54) is 95.3 Å². The number of imidazole rings is 3. The van der Waals surface area contributed by atoms with Crippen molar-refractivity contribution < 1.29 is 112 Å². The third-order valence-electron chi connectivity index (χ3n) is 18.6. The minimum Gasteiger partial charge on any atom is -0.462 e. The van der Waals surface area contributed by atoms with Crippen molar-refractivity contribution in [2.75, 3.05) is 56.2 Å². The van der Waals surface area contributed by atoms with Gasteiger partial charge in [0.25, 0.3) is 16.7 Å². The van der Waals surface area contributed by atoms with Gasteiger partial charge < -0.3 is 90.9 Å². The van der Waals surface area contributed by atoms with Gasteiger partial charge in [-0.15, -0.1) is 0 Å². The lowest BCUT2D eigenvalue weighted by molar-refractivity contribution is -0.149. The molecule has 20 atom stereocenters. The number of benzene rings is 3. The number of nitrogens with zero attached hydrogens (tertiary/aromatic N) is 9. The summed E-state index contributed by atoms with van der Waals surface area (Å²) in [5.74, 6) is -4.24. The molecule has 3 fully saturated rings. The number of anilines is 3. The van der Waals surface area contributed by atoms with E-state index in [-0.39, 0.29) is 62.6 Å². The Hall–Kier alpha value is -10.2. The first-order valence-corrected chi connectivity index (χ1v) is 40.7. The second kappa shape index (κ2) is 35.4. The SMILES string of the molecule is CC(C)OC(=O)[C@H](C)NP(=O)(OC[C@H]1O[C@@H](n2cnc3c(=O)[nH]c(NC(C)OC(=O)[C@H](C)N[P@](=O)(OC[C@H]4O[C@@H](n5cnc6c(=O)[nH]c(NC(C)OC(=O)[C@H](C)N[P@@](=O)(OC[C@H]7O[C@@H](n8cnc9c(=O)[nH]c(N)nc98)[C@@](N)(CF)C7O)Oc7ccccc7)nc65)[C@@](N)(CF)C4O)Oc4ccccc4)nc32)[C@@](N)(CF)C1O)Oc1ccccc1. The first-order chi connectivity index (χ1) is 55.9. The van der Waals surface area contributed by atoms with Gasteiger partial charge in [-0.1, -0.05) is 54.6 Å². The number of halogens is 3. The van der Waals surface area contributed by atoms with Gasteiger partial charge in [0, 0.05) is 0 Å². The largest absolute Gasteiger partial charge is 0.462 e. The van der Waals surface area contributed by atoms with Crippen molar-refractivity contribution in [2.24, 2.45) is 17.2 Å². The number of nitrogens with two attached hydrogens (primary N) is 4. The number of carbonyl (C=O) groups excluding carboxylic acids is 3. The zero-order valence-electron chi connectivity index (χ0n) is 63.5. The van der Waals surface area contributed by atoms with E-state index in [1.807, 2.05) is 0 Å². The van der Waals surface area contributed by atoms with Crippen molar-refractivity contribution in [1.82, 2.24) is 73.8 Å². The Morgan fingerprint density at radius 1 is 0.483 bits per heavy atom. The molecule has 6 unspecified atom stereocenters. The van der Waals surface area contributed by atoms with Gasteiger partial charge in [0.1, 0.15) is 109 Å². The summed E-state index contributed by atoms with van der Waals surface area (Å²) in [4.78, 5) is 113. The van der Waals surface area contributed by atoms with Gasteiger partial charge in [0.15, 0.2) is 64.6 Å². The van der Waals surface area contributed by atoms with Crippen LogP contribution in [0, 0.1) is 0 Å². The van der Waals surface area contributed by atoms with Crippen molar-refractivity contribution in [3.05, 3.63) is 141 Å². The topological polar surface area (TPSA) is 629 Å². The molecule has 3 aliphatic rings. The summed E-state index contributed by atoms with van der Waals surface area (Å²) in [6.45, 7) is 2.62. The first-order valence-electron chi connectivity index (χ1n) is 36.1. The number of aromatic nitrogens is 12. The van der Waals surface area contributed by atoms with E-state index >= 15 is 8.78 Å². The summed E-state index contributed by atoms with van der Waals surface area (Å²) >= 11 is 0. The van der Waals surface area contributed by atoms with Crippen molar-refractivity contribution >= 4 is 92.5 Å². The van der Waals surface area contributed by atoms with Gasteiger partial charge in [-0.3, -0.25) is 71.0 Å². The monoisotopic (exact) mass is 1720 g/mol. The van der Waals surface area contributed by atoms with E-state index in [2.05, 4.69) is 70.8 Å². The number of fused-ring (bicyclic) bond motifs is 3. The molecule has 12 rings (SSSR count). The Bertz CT molecular complexity index is 5440. The number of nitrogens with one attached hydrogen (secondary N) is 8. The standard InChI is InChI=1S/C67H85F3N21O24P3/c1-32(2)107-56(98)33(3)86-116(101,113-38-17-11-8-12-18-38)104-24-42-48(93)66(73,27-69)60(111-42)90-30-76-45-51(90)81-63(84-54(45)96)79-37(7)109-58(100)35(5)88-118(103,115-40-21-15-10-16-22-40)106-25-43-49(94)67(74,28-70)61(112-43)91-31-77-46-52(91)82-64(85-55(46)97)78-36(6)108-57(99)34(4)87-117(102,114-39-19-13-9-14-20-39)105-23-41-47(92)65(72,26-68)59(110-41)89-29-75-44-50(89)80-62(71)83-53(44)95/h8-22,29-37,41-43,47-49,59-61,92-94H,23-28,72-74H2,1-7H3,(H,86,101)(H,87,102)(H,88,103)(H3,71,80,83,95)(H2,78,82,85,97)(H2,79,81,84,96)/t33-,34-,35-,36?,37?,41+,42+,43+,47?,48?,49?,59+,60+,61+,65+,66+,67+,116?,117+,118-/m0/s1. The van der Waals surface area contributed by atoms with E-state index in [0.29, 0.717) is 0 Å². The smallest absolute Gasteiger partial charge is 0.459 e. The Balaban J connectivity index is 0.684. The van der Waals surface area contributed by atoms with Crippen LogP contribution < -0.4 is 79.1 Å². The van der Waals surface area contributed by atoms with Gasteiger partial charge in [-0.2, -0.15) is 30.2 Å². The fourth-order valence-electron chi connectivity index (χ4n) is 12.7. The molecule has 638 valence electrons. The minimum absolute atomic E-state index is 0.0343. The summed E-state index contributed by atoms with van der Waals surface area (Å²) < 4.78 is 162. The Kier molecular flexibility index (Phi) is 26.1. The number of aromatic amines is 3. The maximum Gasteiger partial charge on any atom is 0.459 e. The Labute approximate surface area is 664 Å². The molecule has 3 aliphatic heterocycles. The molecule has 3 saturated heterocycles. The van der Waals surface area contributed by atoms with Crippen LogP contribution in [0.2, 0.25) is 0 Å². The summed E-state index contributed by atoms with van der Waals surface area (Å²) in [6, 6.07) is 18.1. The molecule has 0 saturated carbocycles. The molecular formula is C67H85F3N21O24P3. The number of aliphatic hydroxyl groups is 3. The number of alkyl halides is 3. The van der Waals surface area contributed by atoms with Gasteiger partial charge in [-0.25, -0.2) is 41.8 Å². The van der Waals surface area contributed by atoms with Crippen molar-refractivity contribution in [1.29, 1.82) is 0 Å². The summed E-state index contributed by atoms with van der Waals surface area (Å²) in [6.07, 6.45) is -16.0. The number of ether oxygens (including phenoxy) is 6. The van der Waals surface area contributed by atoms with Gasteiger partial charge in [0.2, 0.25) is 17.8 Å². The number of aliphatic hydroxyl groups excluding tert-OH is 3. The molecule has 0 bridgehead atoms. The molecule has 51 heteroatoms. The highest BCUT2D eigenvalue weighted by atomic mass is 31.2. The molecule has 0 spiro atoms. The lowest BCUT2D eigenvalue weighted by atomic mass is 9.92. The van der Waals surface area contributed by atoms with Crippen LogP contribution in [0.15, 0.2) is 124 Å². The normalized spacial score (nSPS) is 26.1. The average Bonchev–Trinajstić information content (AvgIpc) is 1.60. The molecule has 3 aromatic carbocycles. The van der Waals surface area contributed by atoms with Crippen LogP contribution in [0.1, 0.15) is 67.1 Å². The third-order valence-corrected chi connectivity index (χ3v) is 23.6. The number of hydrogen-bond acceptors (Lipinski definition) is 36. The fraction of sp³-hybridized carbons (Fsp3) is 0.463. The van der Waals surface area contributed by atoms with Gasteiger partial charge in [0.05, 0.1) is 44.9 Å². The van der Waals surface area contributed by atoms with Crippen molar-refractivity contribution in [3.63, 3.8) is 0 Å². The zero-order chi connectivity index (χ0) is 85.1. The molecular weight excluding hydrogens is 1630 g/mol. The lowest BCUT2D eigenvalue weighted by Crippen LogP contribution is -2.56. The molecule has 19 N–H and O–H groups in total. The molecule has 0 radical (unpaired) electrons. The highest BCUT2D eigenvalue weighted by Gasteiger charge is 2.59. The predicted octanol–water partition coefficient (Wildman–Crippen LogP) is 1.84. The second-order valence-electron chi connectivity index (χ2n) is 28.0. The summed E-state index contributed by atoms with van der Waals surface area (Å²) in [5.41, 5.74) is 14.0. The summed E-state index contributed by atoms with van der Waals surface area (Å²) in [7, 11) is -14.2. The van der Waals surface area contributed by atoms with Crippen LogP contribution in [0.3, 0.4) is 0 Å².